The molecule has 3 atom stereocenters. The maximum atomic E-state index is 14.0. The van der Waals surface area contributed by atoms with Crippen molar-refractivity contribution < 1.29 is 24.2 Å². The Morgan fingerprint density at radius 3 is 2.05 bits per heavy atom. The minimum atomic E-state index is -0.996. The van der Waals surface area contributed by atoms with Crippen molar-refractivity contribution in [3.05, 3.63) is 59.2 Å². The van der Waals surface area contributed by atoms with E-state index in [0.717, 1.165) is 11.1 Å². The monoisotopic (exact) mass is 511 g/mol. The van der Waals surface area contributed by atoms with Gasteiger partial charge in [0.2, 0.25) is 5.91 Å². The van der Waals surface area contributed by atoms with Crippen LogP contribution in [0.3, 0.4) is 0 Å². The summed E-state index contributed by atoms with van der Waals surface area (Å²) in [6.07, 6.45) is -0.0641. The van der Waals surface area contributed by atoms with Crippen molar-refractivity contribution in [2.24, 2.45) is 5.92 Å². The van der Waals surface area contributed by atoms with E-state index in [1.54, 1.807) is 39.8 Å². The van der Waals surface area contributed by atoms with E-state index < -0.39 is 35.6 Å². The molecule has 0 radical (unpaired) electrons. The summed E-state index contributed by atoms with van der Waals surface area (Å²) in [4.78, 5) is 41.9. The molecule has 0 bridgehead atoms. The largest absolute Gasteiger partial charge is 0.508 e. The molecule has 8 heteroatoms. The molecular weight excluding hydrogens is 470 g/mol. The summed E-state index contributed by atoms with van der Waals surface area (Å²) in [5, 5.41) is 15.6. The number of nitrogens with one attached hydrogen (secondary N) is 2. The van der Waals surface area contributed by atoms with Gasteiger partial charge >= 0.3 is 6.09 Å². The molecule has 0 heterocycles. The number of alkyl carbamates (subject to hydrolysis) is 1. The average molecular weight is 512 g/mol. The molecule has 3 N–H and O–H groups in total. The third kappa shape index (κ3) is 7.97. The number of para-hydroxylation sites is 1. The summed E-state index contributed by atoms with van der Waals surface area (Å²) in [5.41, 5.74) is 2.30. The van der Waals surface area contributed by atoms with Gasteiger partial charge in [0.15, 0.2) is 0 Å². The summed E-state index contributed by atoms with van der Waals surface area (Å²) in [5.74, 6) is -0.941. The predicted octanol–water partition coefficient (Wildman–Crippen LogP) is 5.48. The molecule has 3 amide bonds. The van der Waals surface area contributed by atoms with Gasteiger partial charge in [-0.1, -0.05) is 50.6 Å². The van der Waals surface area contributed by atoms with Crippen LogP contribution >= 0.6 is 0 Å². The van der Waals surface area contributed by atoms with Gasteiger partial charge in [-0.15, -0.1) is 0 Å². The summed E-state index contributed by atoms with van der Waals surface area (Å²) < 4.78 is 5.41. The number of aryl methyl sites for hydroxylation is 2. The Balaban J connectivity index is 2.50. The summed E-state index contributed by atoms with van der Waals surface area (Å²) >= 11 is 0. The van der Waals surface area contributed by atoms with Crippen LogP contribution < -0.4 is 10.6 Å². The quantitative estimate of drug-likeness (QED) is 0.413. The van der Waals surface area contributed by atoms with Gasteiger partial charge in [-0.25, -0.2) is 4.79 Å². The number of aromatic hydroxyl groups is 1. The second-order valence-electron chi connectivity index (χ2n) is 10.4. The summed E-state index contributed by atoms with van der Waals surface area (Å²) in [6, 6.07) is 10.1. The zero-order chi connectivity index (χ0) is 27.9. The number of carbonyl (C=O) groups is 3. The molecule has 0 aromatic heterocycles. The summed E-state index contributed by atoms with van der Waals surface area (Å²) in [6.45, 7) is 14.9. The Morgan fingerprint density at radius 1 is 1.00 bits per heavy atom. The second kappa shape index (κ2) is 12.6. The van der Waals surface area contributed by atoms with E-state index in [4.69, 9.17) is 4.74 Å². The highest BCUT2D eigenvalue weighted by Gasteiger charge is 2.37. The first-order valence-corrected chi connectivity index (χ1v) is 12.7. The lowest BCUT2D eigenvalue weighted by Crippen LogP contribution is -2.54. The highest BCUT2D eigenvalue weighted by molar-refractivity contribution is 6.00. The third-order valence-corrected chi connectivity index (χ3v) is 6.27. The number of benzene rings is 2. The Morgan fingerprint density at radius 2 is 1.57 bits per heavy atom. The first-order valence-electron chi connectivity index (χ1n) is 12.7. The lowest BCUT2D eigenvalue weighted by atomic mass is 9.95. The maximum absolute atomic E-state index is 14.0. The number of carbonyl (C=O) groups excluding carboxylic acids is 3. The number of anilines is 1. The standard InChI is InChI=1S/C29H41N3O5/c1-9-18(3)24(31-28(36)37-29(6,7)8)27(35)32(10-2)25(21-14-16-22(33)17-15-21)26(34)30-23-19(4)12-11-13-20(23)5/h11-18,24-25,33H,9-10H2,1-8H3,(H,30,34)(H,31,36). The van der Waals surface area contributed by atoms with Crippen molar-refractivity contribution in [1.29, 1.82) is 0 Å². The number of hydrogen-bond donors (Lipinski definition) is 3. The number of nitrogens with zero attached hydrogens (tertiary/aromatic N) is 1. The van der Waals surface area contributed by atoms with Gasteiger partial charge in [0.05, 0.1) is 0 Å². The topological polar surface area (TPSA) is 108 Å². The van der Waals surface area contributed by atoms with Crippen LogP contribution in [-0.2, 0) is 14.3 Å². The molecule has 2 rings (SSSR count). The number of rotatable bonds is 9. The van der Waals surface area contributed by atoms with Gasteiger partial charge < -0.3 is 25.4 Å². The third-order valence-electron chi connectivity index (χ3n) is 6.27. The van der Waals surface area contributed by atoms with E-state index in [1.165, 1.54) is 17.0 Å². The van der Waals surface area contributed by atoms with Crippen LogP contribution in [0, 0.1) is 19.8 Å². The maximum Gasteiger partial charge on any atom is 0.408 e. The Bertz CT molecular complexity index is 1070. The normalized spacial score (nSPS) is 13.7. The molecule has 0 aliphatic rings. The average Bonchev–Trinajstić information content (AvgIpc) is 2.82. The molecule has 2 aromatic carbocycles. The van der Waals surface area contributed by atoms with E-state index in [2.05, 4.69) is 10.6 Å². The van der Waals surface area contributed by atoms with Crippen LogP contribution in [0.1, 0.15) is 70.7 Å². The van der Waals surface area contributed by atoms with E-state index >= 15 is 0 Å². The van der Waals surface area contributed by atoms with Crippen molar-refractivity contribution in [2.45, 2.75) is 79.5 Å². The molecule has 2 aromatic rings. The fourth-order valence-electron chi connectivity index (χ4n) is 4.09. The highest BCUT2D eigenvalue weighted by atomic mass is 16.6. The van der Waals surface area contributed by atoms with Crippen LogP contribution in [0.15, 0.2) is 42.5 Å². The van der Waals surface area contributed by atoms with Crippen LogP contribution in [-0.4, -0.2) is 46.1 Å². The van der Waals surface area contributed by atoms with Crippen LogP contribution in [0.2, 0.25) is 0 Å². The first kappa shape index (κ1) is 29.7. The Hall–Kier alpha value is -3.55. The van der Waals surface area contributed by atoms with Crippen molar-refractivity contribution in [3.63, 3.8) is 0 Å². The van der Waals surface area contributed by atoms with Crippen molar-refractivity contribution in [1.82, 2.24) is 10.2 Å². The molecule has 8 nitrogen and oxygen atoms in total. The van der Waals surface area contributed by atoms with Crippen molar-refractivity contribution >= 4 is 23.6 Å². The Labute approximate surface area is 220 Å². The number of likely N-dealkylation sites (N-methyl/N-ethyl adjacent to an activating group) is 1. The number of amides is 3. The molecular formula is C29H41N3O5. The summed E-state index contributed by atoms with van der Waals surface area (Å²) in [7, 11) is 0. The first-order chi connectivity index (χ1) is 17.3. The van der Waals surface area contributed by atoms with Gasteiger partial charge in [-0.05, 0) is 76.3 Å². The van der Waals surface area contributed by atoms with Gasteiger partial charge in [0, 0.05) is 12.2 Å². The van der Waals surface area contributed by atoms with E-state index in [0.29, 0.717) is 17.7 Å². The molecule has 0 aliphatic heterocycles. The van der Waals surface area contributed by atoms with Crippen LogP contribution in [0.25, 0.3) is 0 Å². The fraction of sp³-hybridized carbons (Fsp3) is 0.483. The zero-order valence-electron chi connectivity index (χ0n) is 23.2. The Kier molecular flexibility index (Phi) is 10.1. The number of ether oxygens (including phenoxy) is 1. The minimum absolute atomic E-state index is 0.0519. The second-order valence-corrected chi connectivity index (χ2v) is 10.4. The van der Waals surface area contributed by atoms with Crippen LogP contribution in [0.4, 0.5) is 10.5 Å². The predicted molar refractivity (Wildman–Crippen MR) is 145 cm³/mol. The highest BCUT2D eigenvalue weighted by Crippen LogP contribution is 2.28. The molecule has 202 valence electrons. The number of phenols is 1. The SMILES string of the molecule is CCC(C)C(NC(=O)OC(C)(C)C)C(=O)N(CC)C(C(=O)Nc1c(C)cccc1C)c1ccc(O)cc1. The lowest BCUT2D eigenvalue weighted by molar-refractivity contribution is -0.141. The van der Waals surface area contributed by atoms with Gasteiger partial charge in [0.25, 0.3) is 5.91 Å². The molecule has 0 fully saturated rings. The minimum Gasteiger partial charge on any atom is -0.508 e. The number of hydrogen-bond acceptors (Lipinski definition) is 5. The fourth-order valence-corrected chi connectivity index (χ4v) is 4.09. The number of phenolic OH excluding ortho intramolecular Hbond substituents is 1. The van der Waals surface area contributed by atoms with Gasteiger partial charge in [-0.2, -0.15) is 0 Å². The van der Waals surface area contributed by atoms with Crippen molar-refractivity contribution in [2.75, 3.05) is 11.9 Å². The molecule has 0 spiro atoms. The van der Waals surface area contributed by atoms with Gasteiger partial charge in [-0.3, -0.25) is 9.59 Å². The smallest absolute Gasteiger partial charge is 0.408 e. The van der Waals surface area contributed by atoms with Gasteiger partial charge in [0.1, 0.15) is 23.4 Å². The molecule has 3 unspecified atom stereocenters. The lowest BCUT2D eigenvalue weighted by Gasteiger charge is -2.35. The zero-order valence-corrected chi connectivity index (χ0v) is 23.2. The molecule has 0 saturated carbocycles. The molecule has 0 saturated heterocycles. The van der Waals surface area contributed by atoms with Crippen molar-refractivity contribution in [3.8, 4) is 5.75 Å². The molecule has 0 aliphatic carbocycles. The van der Waals surface area contributed by atoms with E-state index in [9.17, 15) is 19.5 Å². The van der Waals surface area contributed by atoms with Crippen LogP contribution in [0.5, 0.6) is 5.75 Å². The molecule has 37 heavy (non-hydrogen) atoms. The van der Waals surface area contributed by atoms with E-state index in [-0.39, 0.29) is 18.2 Å². The van der Waals surface area contributed by atoms with E-state index in [1.807, 2.05) is 45.9 Å².